The first kappa shape index (κ1) is 17.2. The Bertz CT molecular complexity index is 585. The van der Waals surface area contributed by atoms with Crippen LogP contribution in [-0.4, -0.2) is 39.3 Å². The van der Waals surface area contributed by atoms with E-state index in [2.05, 4.69) is 27.3 Å². The minimum Gasteiger partial charge on any atom is -0.444 e. The second-order valence-electron chi connectivity index (χ2n) is 7.87. The number of carbonyl (C=O) groups is 1. The van der Waals surface area contributed by atoms with Gasteiger partial charge in [-0.3, -0.25) is 4.90 Å². The molecule has 0 aromatic carbocycles. The summed E-state index contributed by atoms with van der Waals surface area (Å²) in [6, 6.07) is 0.655. The molecule has 1 amide bonds. The molecule has 2 aliphatic rings. The van der Waals surface area contributed by atoms with Crippen molar-refractivity contribution in [1.29, 1.82) is 0 Å². The van der Waals surface area contributed by atoms with Crippen LogP contribution in [0.15, 0.2) is 4.52 Å². The largest absolute Gasteiger partial charge is 0.444 e. The van der Waals surface area contributed by atoms with Crippen LogP contribution in [0, 0.1) is 0 Å². The first-order chi connectivity index (χ1) is 11.3. The number of nitrogens with one attached hydrogen (secondary N) is 1. The predicted molar refractivity (Wildman–Crippen MR) is 88.3 cm³/mol. The molecule has 1 aromatic rings. The number of carbonyl (C=O) groups excluding carboxylic acids is 1. The maximum atomic E-state index is 12.1. The van der Waals surface area contributed by atoms with Gasteiger partial charge in [-0.2, -0.15) is 4.98 Å². The number of alkyl carbamates (subject to hydrolysis) is 1. The summed E-state index contributed by atoms with van der Waals surface area (Å²) in [5.41, 5.74) is -1.07. The fourth-order valence-corrected chi connectivity index (χ4v) is 3.06. The Morgan fingerprint density at radius 3 is 2.62 bits per heavy atom. The Balaban J connectivity index is 1.66. The maximum Gasteiger partial charge on any atom is 0.408 e. The Kier molecular flexibility index (Phi) is 4.55. The van der Waals surface area contributed by atoms with E-state index in [4.69, 9.17) is 9.26 Å². The molecule has 7 heteroatoms. The Morgan fingerprint density at radius 1 is 1.42 bits per heavy atom. The molecule has 0 radical (unpaired) electrons. The number of aromatic nitrogens is 2. The molecule has 0 bridgehead atoms. The fourth-order valence-electron chi connectivity index (χ4n) is 3.06. The zero-order valence-corrected chi connectivity index (χ0v) is 15.1. The van der Waals surface area contributed by atoms with Gasteiger partial charge >= 0.3 is 6.09 Å². The van der Waals surface area contributed by atoms with E-state index >= 15 is 0 Å². The lowest BCUT2D eigenvalue weighted by Crippen LogP contribution is -2.52. The second-order valence-corrected chi connectivity index (χ2v) is 7.87. The van der Waals surface area contributed by atoms with E-state index in [1.165, 1.54) is 12.8 Å². The van der Waals surface area contributed by atoms with E-state index in [1.54, 1.807) is 0 Å². The summed E-state index contributed by atoms with van der Waals surface area (Å²) in [4.78, 5) is 19.1. The highest BCUT2D eigenvalue weighted by atomic mass is 16.6. The summed E-state index contributed by atoms with van der Waals surface area (Å²) in [6.07, 6.45) is 4.72. The van der Waals surface area contributed by atoms with Crippen molar-refractivity contribution in [1.82, 2.24) is 20.4 Å². The average molecular weight is 336 g/mol. The van der Waals surface area contributed by atoms with Gasteiger partial charge in [-0.15, -0.1) is 0 Å². The molecule has 2 saturated carbocycles. The monoisotopic (exact) mass is 336 g/mol. The molecule has 0 atom stereocenters. The van der Waals surface area contributed by atoms with Crippen LogP contribution in [0.4, 0.5) is 4.79 Å². The Hall–Kier alpha value is -1.63. The third kappa shape index (κ3) is 3.88. The van der Waals surface area contributed by atoms with Gasteiger partial charge in [-0.05, 0) is 59.4 Å². The molecule has 1 N–H and O–H groups in total. The van der Waals surface area contributed by atoms with Crippen molar-refractivity contribution in [3.63, 3.8) is 0 Å². The minimum atomic E-state index is -0.541. The number of nitrogens with zero attached hydrogens (tertiary/aromatic N) is 3. The van der Waals surface area contributed by atoms with Gasteiger partial charge in [0.2, 0.25) is 5.89 Å². The number of amides is 1. The van der Waals surface area contributed by atoms with E-state index in [1.807, 2.05) is 20.8 Å². The van der Waals surface area contributed by atoms with Crippen LogP contribution in [0.3, 0.4) is 0 Å². The van der Waals surface area contributed by atoms with Gasteiger partial charge in [0.15, 0.2) is 5.82 Å². The summed E-state index contributed by atoms with van der Waals surface area (Å²) in [5, 5.41) is 7.10. The second kappa shape index (κ2) is 6.35. The molecule has 0 saturated heterocycles. The van der Waals surface area contributed by atoms with Gasteiger partial charge in [0.05, 0.1) is 6.54 Å². The normalized spacial score (nSPS) is 19.9. The van der Waals surface area contributed by atoms with E-state index < -0.39 is 17.2 Å². The van der Waals surface area contributed by atoms with Gasteiger partial charge < -0.3 is 14.6 Å². The number of hydrogen-bond acceptors (Lipinski definition) is 6. The van der Waals surface area contributed by atoms with E-state index in [9.17, 15) is 4.79 Å². The number of rotatable bonds is 6. The topological polar surface area (TPSA) is 80.5 Å². The van der Waals surface area contributed by atoms with Crippen molar-refractivity contribution in [2.75, 3.05) is 6.54 Å². The molecule has 7 nitrogen and oxygen atoms in total. The summed E-state index contributed by atoms with van der Waals surface area (Å²) in [5.74, 6) is 1.19. The summed E-state index contributed by atoms with van der Waals surface area (Å²) >= 11 is 0. The van der Waals surface area contributed by atoms with Crippen molar-refractivity contribution in [3.8, 4) is 0 Å². The van der Waals surface area contributed by atoms with Crippen molar-refractivity contribution in [2.24, 2.45) is 0 Å². The molecule has 0 unspecified atom stereocenters. The average Bonchev–Trinajstić information content (AvgIpc) is 3.18. The molecule has 0 aliphatic heterocycles. The molecule has 3 rings (SSSR count). The molecular formula is C17H28N4O3. The lowest BCUT2D eigenvalue weighted by Gasteiger charge is -2.39. The first-order valence-electron chi connectivity index (χ1n) is 8.89. The van der Waals surface area contributed by atoms with Gasteiger partial charge in [-0.25, -0.2) is 4.79 Å². The third-order valence-corrected chi connectivity index (χ3v) is 4.65. The van der Waals surface area contributed by atoms with Crippen LogP contribution in [0.1, 0.15) is 71.5 Å². The van der Waals surface area contributed by atoms with Crippen LogP contribution in [0.2, 0.25) is 0 Å². The maximum absolute atomic E-state index is 12.1. The third-order valence-electron chi connectivity index (χ3n) is 4.65. The molecular weight excluding hydrogens is 308 g/mol. The predicted octanol–water partition coefficient (Wildman–Crippen LogP) is 2.96. The smallest absolute Gasteiger partial charge is 0.408 e. The van der Waals surface area contributed by atoms with Crippen molar-refractivity contribution in [3.05, 3.63) is 11.7 Å². The van der Waals surface area contributed by atoms with Gasteiger partial charge in [0.25, 0.3) is 0 Å². The Labute approximate surface area is 143 Å². The summed E-state index contributed by atoms with van der Waals surface area (Å²) in [6.45, 7) is 9.35. The van der Waals surface area contributed by atoms with E-state index in [0.717, 1.165) is 25.8 Å². The summed E-state index contributed by atoms with van der Waals surface area (Å²) in [7, 11) is 0. The van der Waals surface area contributed by atoms with E-state index in [-0.39, 0.29) is 0 Å². The van der Waals surface area contributed by atoms with Crippen LogP contribution < -0.4 is 5.32 Å². The molecule has 2 aliphatic carbocycles. The SMILES string of the molecule is CCN(Cc1nc(C2(NC(=O)OC(C)(C)C)CCC2)no1)C1CC1. The molecule has 1 heterocycles. The lowest BCUT2D eigenvalue weighted by molar-refractivity contribution is 0.0362. The van der Waals surface area contributed by atoms with Crippen LogP contribution >= 0.6 is 0 Å². The molecule has 24 heavy (non-hydrogen) atoms. The highest BCUT2D eigenvalue weighted by Crippen LogP contribution is 2.40. The molecule has 0 spiro atoms. The molecule has 134 valence electrons. The van der Waals surface area contributed by atoms with Gasteiger partial charge in [0, 0.05) is 6.04 Å². The number of ether oxygens (including phenoxy) is 1. The quantitative estimate of drug-likeness (QED) is 0.860. The highest BCUT2D eigenvalue weighted by Gasteiger charge is 2.45. The fraction of sp³-hybridized carbons (Fsp3) is 0.824. The first-order valence-corrected chi connectivity index (χ1v) is 8.89. The van der Waals surface area contributed by atoms with Crippen LogP contribution in [0.25, 0.3) is 0 Å². The van der Waals surface area contributed by atoms with Crippen molar-refractivity contribution in [2.45, 2.75) is 83.5 Å². The summed E-state index contributed by atoms with van der Waals surface area (Å²) < 4.78 is 10.8. The highest BCUT2D eigenvalue weighted by molar-refractivity contribution is 5.69. The molecule has 1 aromatic heterocycles. The van der Waals surface area contributed by atoms with Crippen LogP contribution in [0.5, 0.6) is 0 Å². The van der Waals surface area contributed by atoms with Gasteiger partial charge in [0.1, 0.15) is 11.1 Å². The Morgan fingerprint density at radius 2 is 2.12 bits per heavy atom. The zero-order valence-electron chi connectivity index (χ0n) is 15.1. The lowest BCUT2D eigenvalue weighted by atomic mass is 9.76. The van der Waals surface area contributed by atoms with Crippen molar-refractivity contribution < 1.29 is 14.1 Å². The zero-order chi connectivity index (χ0) is 17.4. The van der Waals surface area contributed by atoms with Gasteiger partial charge in [-0.1, -0.05) is 12.1 Å². The molecule has 2 fully saturated rings. The van der Waals surface area contributed by atoms with E-state index in [0.29, 0.717) is 24.3 Å². The number of hydrogen-bond donors (Lipinski definition) is 1. The minimum absolute atomic E-state index is 0.429. The standard InChI is InChI=1S/C17H28N4O3/c1-5-21(12-7-8-12)11-13-18-14(20-24-13)17(9-6-10-17)19-15(22)23-16(2,3)4/h12H,5-11H2,1-4H3,(H,19,22). The van der Waals surface area contributed by atoms with Crippen LogP contribution in [-0.2, 0) is 16.8 Å². The van der Waals surface area contributed by atoms with Crippen molar-refractivity contribution >= 4 is 6.09 Å².